The number of carbonyl (C=O) groups is 3. The summed E-state index contributed by atoms with van der Waals surface area (Å²) in [6.07, 6.45) is 1.29. The summed E-state index contributed by atoms with van der Waals surface area (Å²) in [6.45, 7) is 9.57. The van der Waals surface area contributed by atoms with Crippen molar-refractivity contribution >= 4 is 17.6 Å². The van der Waals surface area contributed by atoms with Crippen molar-refractivity contribution in [3.05, 3.63) is 35.4 Å². The van der Waals surface area contributed by atoms with Crippen LogP contribution < -0.4 is 10.6 Å². The number of epoxide rings is 1. The molecule has 0 spiro atoms. The SMILES string of the molecule is CC(C)Cc1cccc(C(=O)N[C@@H](CO)C(=O)NC(CC(C)C)C(=O)C2(C)CO2)c1. The average molecular weight is 419 g/mol. The number of ketones is 1. The van der Waals surface area contributed by atoms with Crippen LogP contribution in [0.4, 0.5) is 0 Å². The van der Waals surface area contributed by atoms with E-state index in [0.717, 1.165) is 12.0 Å². The Hall–Kier alpha value is -2.25. The van der Waals surface area contributed by atoms with Gasteiger partial charge in [0.25, 0.3) is 5.91 Å². The first-order valence-corrected chi connectivity index (χ1v) is 10.5. The van der Waals surface area contributed by atoms with E-state index in [9.17, 15) is 19.5 Å². The van der Waals surface area contributed by atoms with Crippen molar-refractivity contribution in [2.75, 3.05) is 13.2 Å². The van der Waals surface area contributed by atoms with E-state index in [-0.39, 0.29) is 11.7 Å². The molecule has 2 unspecified atom stereocenters. The molecule has 3 atom stereocenters. The highest BCUT2D eigenvalue weighted by Crippen LogP contribution is 2.29. The third-order valence-electron chi connectivity index (χ3n) is 5.08. The van der Waals surface area contributed by atoms with Crippen LogP contribution in [0.3, 0.4) is 0 Å². The molecule has 0 saturated carbocycles. The van der Waals surface area contributed by atoms with Crippen molar-refractivity contribution in [3.8, 4) is 0 Å². The lowest BCUT2D eigenvalue weighted by Gasteiger charge is -2.24. The van der Waals surface area contributed by atoms with Gasteiger partial charge in [-0.1, -0.05) is 39.8 Å². The Morgan fingerprint density at radius 1 is 1.10 bits per heavy atom. The molecule has 2 rings (SSSR count). The molecule has 1 fully saturated rings. The third kappa shape index (κ3) is 6.64. The van der Waals surface area contributed by atoms with E-state index in [4.69, 9.17) is 4.74 Å². The fourth-order valence-corrected chi connectivity index (χ4v) is 3.34. The van der Waals surface area contributed by atoms with Crippen LogP contribution in [-0.2, 0) is 20.7 Å². The molecule has 30 heavy (non-hydrogen) atoms. The monoisotopic (exact) mass is 418 g/mol. The minimum absolute atomic E-state index is 0.174. The maximum absolute atomic E-state index is 12.7. The van der Waals surface area contributed by atoms with Gasteiger partial charge in [-0.15, -0.1) is 0 Å². The van der Waals surface area contributed by atoms with Gasteiger partial charge in [0.2, 0.25) is 5.91 Å². The third-order valence-corrected chi connectivity index (χ3v) is 5.08. The van der Waals surface area contributed by atoms with E-state index in [2.05, 4.69) is 24.5 Å². The quantitative estimate of drug-likeness (QED) is 0.476. The minimum Gasteiger partial charge on any atom is -0.394 e. The zero-order chi connectivity index (χ0) is 22.5. The van der Waals surface area contributed by atoms with Crippen molar-refractivity contribution in [1.82, 2.24) is 10.6 Å². The number of hydrogen-bond donors (Lipinski definition) is 3. The molecule has 1 aromatic carbocycles. The fourth-order valence-electron chi connectivity index (χ4n) is 3.34. The van der Waals surface area contributed by atoms with E-state index < -0.39 is 36.1 Å². The molecule has 0 aromatic heterocycles. The molecule has 1 heterocycles. The van der Waals surface area contributed by atoms with Crippen molar-refractivity contribution in [2.24, 2.45) is 11.8 Å². The van der Waals surface area contributed by atoms with Gasteiger partial charge in [0.05, 0.1) is 19.3 Å². The number of ether oxygens (including phenoxy) is 1. The van der Waals surface area contributed by atoms with E-state index in [1.807, 2.05) is 19.9 Å². The lowest BCUT2D eigenvalue weighted by atomic mass is 9.93. The van der Waals surface area contributed by atoms with E-state index in [1.165, 1.54) is 0 Å². The number of benzene rings is 1. The smallest absolute Gasteiger partial charge is 0.252 e. The number of Topliss-reactive ketones (excluding diaryl/α,β-unsaturated/α-hetero) is 1. The average Bonchev–Trinajstić information content (AvgIpc) is 3.42. The Labute approximate surface area is 178 Å². The van der Waals surface area contributed by atoms with Gasteiger partial charge in [-0.05, 0) is 49.3 Å². The molecule has 166 valence electrons. The molecule has 1 saturated heterocycles. The Balaban J connectivity index is 2.05. The Bertz CT molecular complexity index is 771. The van der Waals surface area contributed by atoms with Crippen LogP contribution in [0, 0.1) is 11.8 Å². The number of aliphatic hydroxyl groups is 1. The van der Waals surface area contributed by atoms with Crippen LogP contribution in [0.25, 0.3) is 0 Å². The second kappa shape index (κ2) is 10.2. The van der Waals surface area contributed by atoms with Crippen molar-refractivity contribution in [1.29, 1.82) is 0 Å². The largest absolute Gasteiger partial charge is 0.394 e. The second-order valence-electron chi connectivity index (χ2n) is 9.08. The predicted octanol–water partition coefficient (Wildman–Crippen LogP) is 1.86. The number of carbonyl (C=O) groups excluding carboxylic acids is 3. The van der Waals surface area contributed by atoms with Crippen LogP contribution in [0.15, 0.2) is 24.3 Å². The molecule has 0 bridgehead atoms. The summed E-state index contributed by atoms with van der Waals surface area (Å²) in [5.74, 6) is -0.597. The summed E-state index contributed by atoms with van der Waals surface area (Å²) in [5.41, 5.74) is 0.595. The van der Waals surface area contributed by atoms with Gasteiger partial charge in [0.15, 0.2) is 5.78 Å². The lowest BCUT2D eigenvalue weighted by Crippen LogP contribution is -2.55. The fraction of sp³-hybridized carbons (Fsp3) is 0.609. The van der Waals surface area contributed by atoms with E-state index in [1.54, 1.807) is 25.1 Å². The van der Waals surface area contributed by atoms with E-state index in [0.29, 0.717) is 24.5 Å². The first-order valence-electron chi connectivity index (χ1n) is 10.5. The molecule has 0 radical (unpaired) electrons. The zero-order valence-corrected chi connectivity index (χ0v) is 18.5. The summed E-state index contributed by atoms with van der Waals surface area (Å²) >= 11 is 0. The highest BCUT2D eigenvalue weighted by Gasteiger charge is 2.50. The predicted molar refractivity (Wildman–Crippen MR) is 114 cm³/mol. The molecule has 0 aliphatic carbocycles. The van der Waals surface area contributed by atoms with Crippen LogP contribution >= 0.6 is 0 Å². The topological polar surface area (TPSA) is 108 Å². The molecule has 1 aliphatic heterocycles. The Kier molecular flexibility index (Phi) is 8.15. The molecular formula is C23H34N2O5. The van der Waals surface area contributed by atoms with Gasteiger partial charge in [-0.25, -0.2) is 0 Å². The maximum atomic E-state index is 12.7. The van der Waals surface area contributed by atoms with Gasteiger partial charge in [-0.2, -0.15) is 0 Å². The lowest BCUT2D eigenvalue weighted by molar-refractivity contribution is -0.132. The van der Waals surface area contributed by atoms with Gasteiger partial charge in [0, 0.05) is 5.56 Å². The highest BCUT2D eigenvalue weighted by atomic mass is 16.6. The molecule has 1 aliphatic rings. The van der Waals surface area contributed by atoms with Crippen LogP contribution in [0.5, 0.6) is 0 Å². The van der Waals surface area contributed by atoms with Crippen molar-refractivity contribution in [3.63, 3.8) is 0 Å². The molecule has 1 aromatic rings. The van der Waals surface area contributed by atoms with Crippen LogP contribution in [-0.4, -0.2) is 53.6 Å². The van der Waals surface area contributed by atoms with E-state index >= 15 is 0 Å². The summed E-state index contributed by atoms with van der Waals surface area (Å²) in [4.78, 5) is 38.0. The minimum atomic E-state index is -1.15. The Morgan fingerprint density at radius 3 is 2.30 bits per heavy atom. The van der Waals surface area contributed by atoms with Gasteiger partial charge in [0.1, 0.15) is 11.6 Å². The first-order chi connectivity index (χ1) is 14.1. The van der Waals surface area contributed by atoms with Gasteiger partial charge in [-0.3, -0.25) is 14.4 Å². The summed E-state index contributed by atoms with van der Waals surface area (Å²) < 4.78 is 5.23. The number of amides is 2. The Morgan fingerprint density at radius 2 is 1.77 bits per heavy atom. The number of nitrogens with one attached hydrogen (secondary N) is 2. The molecule has 7 nitrogen and oxygen atoms in total. The first kappa shape index (κ1) is 24.0. The highest BCUT2D eigenvalue weighted by molar-refractivity contribution is 6.00. The summed E-state index contributed by atoms with van der Waals surface area (Å²) in [5, 5.41) is 15.0. The van der Waals surface area contributed by atoms with Crippen LogP contribution in [0.1, 0.15) is 57.0 Å². The normalized spacial score (nSPS) is 20.0. The molecule has 2 amide bonds. The standard InChI is InChI=1S/C23H34N2O5/c1-14(2)9-16-7-6-8-17(11-16)21(28)25-19(12-26)22(29)24-18(10-15(3)4)20(27)23(5)13-30-23/h6-8,11,14-15,18-19,26H,9-10,12-13H2,1-5H3,(H,24,29)(H,25,28)/t18?,19-,23?/m0/s1. The van der Waals surface area contributed by atoms with Crippen molar-refractivity contribution < 1.29 is 24.2 Å². The molecule has 7 heteroatoms. The van der Waals surface area contributed by atoms with Crippen molar-refractivity contribution in [2.45, 2.75) is 65.1 Å². The summed E-state index contributed by atoms with van der Waals surface area (Å²) in [6, 6.07) is 5.33. The number of rotatable bonds is 11. The molecule has 3 N–H and O–H groups in total. The van der Waals surface area contributed by atoms with Gasteiger partial charge >= 0.3 is 0 Å². The zero-order valence-electron chi connectivity index (χ0n) is 18.5. The maximum Gasteiger partial charge on any atom is 0.252 e. The number of hydrogen-bond acceptors (Lipinski definition) is 5. The second-order valence-corrected chi connectivity index (χ2v) is 9.08. The summed E-state index contributed by atoms with van der Waals surface area (Å²) in [7, 11) is 0. The molecular weight excluding hydrogens is 384 g/mol. The van der Waals surface area contributed by atoms with Gasteiger partial charge < -0.3 is 20.5 Å². The number of aliphatic hydroxyl groups excluding tert-OH is 1. The van der Waals surface area contributed by atoms with Crippen LogP contribution in [0.2, 0.25) is 0 Å².